The maximum Gasteiger partial charge on any atom is 0.257 e. The van der Waals surface area contributed by atoms with Gasteiger partial charge in [0, 0.05) is 28.8 Å². The molecule has 19 heavy (non-hydrogen) atoms. The number of carbonyl (C=O) groups excluding carboxylic acids is 1. The first kappa shape index (κ1) is 14.0. The minimum Gasteiger partial charge on any atom is -0.395 e. The van der Waals surface area contributed by atoms with Crippen molar-refractivity contribution >= 4 is 33.2 Å². The fourth-order valence-electron chi connectivity index (χ4n) is 2.08. The molecule has 1 atom stereocenters. The topological polar surface area (TPSA) is 72.8 Å². The molecule has 5 nitrogen and oxygen atoms in total. The normalized spacial score (nSPS) is 17.0. The van der Waals surface area contributed by atoms with Crippen LogP contribution in [0.5, 0.6) is 0 Å². The quantitative estimate of drug-likeness (QED) is 0.715. The molecule has 0 radical (unpaired) electrons. The minimum atomic E-state index is -1.12. The molecule has 0 bridgehead atoms. The highest BCUT2D eigenvalue weighted by molar-refractivity contribution is 9.10. The summed E-state index contributed by atoms with van der Waals surface area (Å²) in [5, 5.41) is 21.4. The highest BCUT2D eigenvalue weighted by Gasteiger charge is 2.30. The number of carbonyl (C=O) groups is 1. The molecule has 0 aromatic heterocycles. The summed E-state index contributed by atoms with van der Waals surface area (Å²) in [6, 6.07) is 3.51. The lowest BCUT2D eigenvalue weighted by Crippen LogP contribution is -2.27. The summed E-state index contributed by atoms with van der Waals surface area (Å²) in [4.78, 5) is 13.4. The molecule has 0 saturated carbocycles. The summed E-state index contributed by atoms with van der Waals surface area (Å²) in [5.74, 6) is -0.420. The number of nitrogens with one attached hydrogen (secondary N) is 1. The molecule has 1 aliphatic rings. The summed E-state index contributed by atoms with van der Waals surface area (Å²) in [6.07, 6.45) is 0.619. The van der Waals surface area contributed by atoms with Crippen molar-refractivity contribution in [2.75, 3.05) is 29.9 Å². The van der Waals surface area contributed by atoms with Gasteiger partial charge in [-0.25, -0.2) is 0 Å². The number of hydrogen-bond acceptors (Lipinski definition) is 4. The van der Waals surface area contributed by atoms with Crippen LogP contribution >= 0.6 is 15.9 Å². The Morgan fingerprint density at radius 1 is 1.53 bits per heavy atom. The van der Waals surface area contributed by atoms with Gasteiger partial charge in [0.25, 0.3) is 5.91 Å². The first-order valence-electron chi connectivity index (χ1n) is 5.87. The van der Waals surface area contributed by atoms with Gasteiger partial charge in [-0.3, -0.25) is 4.79 Å². The van der Waals surface area contributed by atoms with E-state index in [4.69, 9.17) is 5.11 Å². The molecule has 1 aromatic rings. The van der Waals surface area contributed by atoms with Gasteiger partial charge >= 0.3 is 0 Å². The van der Waals surface area contributed by atoms with Gasteiger partial charge in [-0.2, -0.15) is 0 Å². The van der Waals surface area contributed by atoms with E-state index in [1.807, 2.05) is 4.90 Å². The van der Waals surface area contributed by atoms with Gasteiger partial charge in [0.05, 0.1) is 12.3 Å². The number of benzene rings is 1. The van der Waals surface area contributed by atoms with Crippen LogP contribution in [0.1, 0.15) is 11.7 Å². The molecule has 3 N–H and O–H groups in total. The van der Waals surface area contributed by atoms with Crippen molar-refractivity contribution in [1.29, 1.82) is 0 Å². The maximum atomic E-state index is 11.4. The summed E-state index contributed by atoms with van der Waals surface area (Å²) in [6.45, 7) is 4.74. The van der Waals surface area contributed by atoms with E-state index in [1.54, 1.807) is 18.2 Å². The lowest BCUT2D eigenvalue weighted by Gasteiger charge is -2.24. The molecule has 1 amide bonds. The molecule has 1 unspecified atom stereocenters. The summed E-state index contributed by atoms with van der Waals surface area (Å²) >= 11 is 3.43. The molecule has 0 fully saturated rings. The number of halogens is 1. The van der Waals surface area contributed by atoms with Crippen LogP contribution in [0, 0.1) is 0 Å². The van der Waals surface area contributed by atoms with E-state index in [-0.39, 0.29) is 6.61 Å². The second-order valence-corrected chi connectivity index (χ2v) is 5.10. The number of aliphatic hydroxyl groups excluding tert-OH is 2. The van der Waals surface area contributed by atoms with Crippen LogP contribution in [0.25, 0.3) is 0 Å². The molecule has 2 rings (SSSR count). The molecule has 102 valence electrons. The zero-order chi connectivity index (χ0) is 14.0. The Bertz CT molecular complexity index is 519. The molecular formula is C13H15BrN2O3. The van der Waals surface area contributed by atoms with Crippen LogP contribution in [0.4, 0.5) is 11.4 Å². The Labute approximate surface area is 119 Å². The van der Waals surface area contributed by atoms with Crippen molar-refractivity contribution < 1.29 is 15.0 Å². The molecule has 6 heteroatoms. The minimum absolute atomic E-state index is 0.0202. The largest absolute Gasteiger partial charge is 0.395 e. The highest BCUT2D eigenvalue weighted by atomic mass is 79.9. The Morgan fingerprint density at radius 3 is 2.89 bits per heavy atom. The van der Waals surface area contributed by atoms with E-state index in [0.717, 1.165) is 10.2 Å². The smallest absolute Gasteiger partial charge is 0.257 e. The predicted octanol–water partition coefficient (Wildman–Crippen LogP) is 1.42. The van der Waals surface area contributed by atoms with E-state index < -0.39 is 12.0 Å². The first-order chi connectivity index (χ1) is 9.08. The fourth-order valence-corrected chi connectivity index (χ4v) is 2.69. The Balaban J connectivity index is 2.40. The Kier molecular flexibility index (Phi) is 4.24. The molecule has 0 spiro atoms. The zero-order valence-electron chi connectivity index (χ0n) is 10.3. The van der Waals surface area contributed by atoms with Crippen molar-refractivity contribution in [1.82, 2.24) is 0 Å². The van der Waals surface area contributed by atoms with Gasteiger partial charge in [0.15, 0.2) is 6.10 Å². The number of rotatable bonds is 5. The number of nitrogens with zero attached hydrogens (tertiary/aromatic N) is 1. The molecule has 1 aromatic carbocycles. The van der Waals surface area contributed by atoms with Gasteiger partial charge < -0.3 is 20.4 Å². The Morgan fingerprint density at radius 2 is 2.26 bits per heavy atom. The van der Waals surface area contributed by atoms with E-state index in [1.165, 1.54) is 0 Å². The van der Waals surface area contributed by atoms with Crippen molar-refractivity contribution in [3.63, 3.8) is 0 Å². The van der Waals surface area contributed by atoms with Crippen molar-refractivity contribution in [2.24, 2.45) is 0 Å². The average molecular weight is 327 g/mol. The lowest BCUT2D eigenvalue weighted by molar-refractivity contribution is -0.123. The number of fused-ring (bicyclic) bond motifs is 1. The standard InChI is InChI=1S/C13H15BrN2O3/c1-2-3-16(4-5-17)11-7-10-8(6-9(11)14)12(18)13(19)15-10/h2,6-7,12,17-18H,1,3-5H2,(H,15,19). The lowest BCUT2D eigenvalue weighted by atomic mass is 10.1. The van der Waals surface area contributed by atoms with Crippen LogP contribution in [0.15, 0.2) is 29.3 Å². The van der Waals surface area contributed by atoms with Gasteiger partial charge in [-0.1, -0.05) is 6.08 Å². The second-order valence-electron chi connectivity index (χ2n) is 4.24. The number of aliphatic hydroxyl groups is 2. The van der Waals surface area contributed by atoms with Crippen LogP contribution in [0.2, 0.25) is 0 Å². The number of anilines is 2. The second kappa shape index (κ2) is 5.73. The van der Waals surface area contributed by atoms with Crippen LogP contribution < -0.4 is 10.2 Å². The van der Waals surface area contributed by atoms with E-state index in [2.05, 4.69) is 27.8 Å². The molecule has 0 aliphatic carbocycles. The van der Waals surface area contributed by atoms with Gasteiger partial charge in [-0.05, 0) is 28.1 Å². The van der Waals surface area contributed by atoms with Crippen molar-refractivity contribution in [3.05, 3.63) is 34.8 Å². The summed E-state index contributed by atoms with van der Waals surface area (Å²) in [7, 11) is 0. The number of hydrogen-bond donors (Lipinski definition) is 3. The van der Waals surface area contributed by atoms with Crippen molar-refractivity contribution in [2.45, 2.75) is 6.10 Å². The van der Waals surface area contributed by atoms with Gasteiger partial charge in [0.1, 0.15) is 0 Å². The average Bonchev–Trinajstić information content (AvgIpc) is 2.64. The maximum absolute atomic E-state index is 11.4. The zero-order valence-corrected chi connectivity index (χ0v) is 11.9. The molecule has 0 saturated heterocycles. The monoisotopic (exact) mass is 326 g/mol. The summed E-state index contributed by atoms with van der Waals surface area (Å²) in [5.41, 5.74) is 1.99. The van der Waals surface area contributed by atoms with E-state index in [0.29, 0.717) is 24.3 Å². The van der Waals surface area contributed by atoms with Crippen LogP contribution in [-0.4, -0.2) is 35.8 Å². The highest BCUT2D eigenvalue weighted by Crippen LogP contribution is 2.38. The van der Waals surface area contributed by atoms with Crippen LogP contribution in [-0.2, 0) is 4.79 Å². The third-order valence-corrected chi connectivity index (χ3v) is 3.62. The van der Waals surface area contributed by atoms with Crippen LogP contribution in [0.3, 0.4) is 0 Å². The predicted molar refractivity (Wildman–Crippen MR) is 77.2 cm³/mol. The van der Waals surface area contributed by atoms with E-state index in [9.17, 15) is 9.90 Å². The SMILES string of the molecule is C=CCN(CCO)c1cc2c(cc1Br)C(O)C(=O)N2. The van der Waals surface area contributed by atoms with Gasteiger partial charge in [0.2, 0.25) is 0 Å². The number of amides is 1. The first-order valence-corrected chi connectivity index (χ1v) is 6.67. The van der Waals surface area contributed by atoms with E-state index >= 15 is 0 Å². The molecule has 1 heterocycles. The third kappa shape index (κ3) is 2.65. The summed E-state index contributed by atoms with van der Waals surface area (Å²) < 4.78 is 0.761. The Hall–Kier alpha value is -1.37. The van der Waals surface area contributed by atoms with Gasteiger partial charge in [-0.15, -0.1) is 6.58 Å². The molecular weight excluding hydrogens is 312 g/mol. The molecule has 1 aliphatic heterocycles. The van der Waals surface area contributed by atoms with Crippen molar-refractivity contribution in [3.8, 4) is 0 Å². The fraction of sp³-hybridized carbons (Fsp3) is 0.308. The third-order valence-electron chi connectivity index (χ3n) is 2.98.